The summed E-state index contributed by atoms with van der Waals surface area (Å²) in [4.78, 5) is 11.5. The second-order valence-corrected chi connectivity index (χ2v) is 4.32. The van der Waals surface area contributed by atoms with E-state index in [-0.39, 0.29) is 12.3 Å². The summed E-state index contributed by atoms with van der Waals surface area (Å²) in [5.41, 5.74) is 6.13. The van der Waals surface area contributed by atoms with E-state index in [2.05, 4.69) is 5.32 Å². The Labute approximate surface area is 105 Å². The number of carbonyl (C=O) groups is 1. The summed E-state index contributed by atoms with van der Waals surface area (Å²) in [5.74, 6) is -0.0493. The molecular weight excluding hydrogens is 247 g/mol. The van der Waals surface area contributed by atoms with Crippen molar-refractivity contribution in [2.24, 2.45) is 5.73 Å². The van der Waals surface area contributed by atoms with Crippen LogP contribution in [0.4, 0.5) is 0 Å². The normalized spacial score (nSPS) is 10.2. The Kier molecular flexibility index (Phi) is 5.60. The molecule has 16 heavy (non-hydrogen) atoms. The van der Waals surface area contributed by atoms with Gasteiger partial charge in [0.05, 0.1) is 6.42 Å². The van der Waals surface area contributed by atoms with Crippen LogP contribution in [-0.4, -0.2) is 19.0 Å². The lowest BCUT2D eigenvalue weighted by molar-refractivity contribution is -0.120. The maximum absolute atomic E-state index is 11.5. The van der Waals surface area contributed by atoms with Gasteiger partial charge >= 0.3 is 0 Å². The summed E-state index contributed by atoms with van der Waals surface area (Å²) in [5, 5.41) is 3.84. The molecule has 1 aromatic carbocycles. The number of rotatable bonds is 5. The molecule has 0 radical (unpaired) electrons. The highest BCUT2D eigenvalue weighted by Gasteiger charge is 2.04. The summed E-state index contributed by atoms with van der Waals surface area (Å²) in [6, 6.07) is 5.10. The number of amides is 1. The molecule has 1 aromatic rings. The molecule has 3 nitrogen and oxygen atoms in total. The zero-order valence-electron chi connectivity index (χ0n) is 8.80. The van der Waals surface area contributed by atoms with E-state index in [1.807, 2.05) is 0 Å². The molecule has 0 saturated heterocycles. The second-order valence-electron chi connectivity index (χ2n) is 3.45. The van der Waals surface area contributed by atoms with Crippen LogP contribution in [0.3, 0.4) is 0 Å². The molecule has 0 aliphatic heterocycles. The van der Waals surface area contributed by atoms with Gasteiger partial charge in [-0.2, -0.15) is 0 Å². The van der Waals surface area contributed by atoms with E-state index in [0.717, 1.165) is 12.0 Å². The van der Waals surface area contributed by atoms with Gasteiger partial charge < -0.3 is 11.1 Å². The fraction of sp³-hybridized carbons (Fsp3) is 0.364. The average molecular weight is 261 g/mol. The summed E-state index contributed by atoms with van der Waals surface area (Å²) in [6.45, 7) is 1.17. The zero-order chi connectivity index (χ0) is 12.0. The molecule has 0 aromatic heterocycles. The molecule has 0 bridgehead atoms. The molecule has 1 rings (SSSR count). The Morgan fingerprint density at radius 3 is 2.44 bits per heavy atom. The van der Waals surface area contributed by atoms with Crippen LogP contribution in [0, 0.1) is 0 Å². The van der Waals surface area contributed by atoms with Crippen LogP contribution in [0.15, 0.2) is 18.2 Å². The Morgan fingerprint density at radius 1 is 1.25 bits per heavy atom. The first kappa shape index (κ1) is 13.3. The maximum atomic E-state index is 11.5. The zero-order valence-corrected chi connectivity index (χ0v) is 10.3. The van der Waals surface area contributed by atoms with Crippen molar-refractivity contribution in [3.8, 4) is 0 Å². The van der Waals surface area contributed by atoms with Crippen molar-refractivity contribution in [2.45, 2.75) is 12.8 Å². The quantitative estimate of drug-likeness (QED) is 0.796. The molecule has 3 N–H and O–H groups in total. The summed E-state index contributed by atoms with van der Waals surface area (Å²) >= 11 is 11.7. The van der Waals surface area contributed by atoms with Crippen molar-refractivity contribution in [3.05, 3.63) is 33.8 Å². The fourth-order valence-electron chi connectivity index (χ4n) is 1.29. The van der Waals surface area contributed by atoms with E-state index in [1.165, 1.54) is 0 Å². The third-order valence-electron chi connectivity index (χ3n) is 1.99. The first-order valence-electron chi connectivity index (χ1n) is 5.03. The lowest BCUT2D eigenvalue weighted by Crippen LogP contribution is -2.27. The first-order chi connectivity index (χ1) is 7.61. The number of halogens is 2. The van der Waals surface area contributed by atoms with Crippen LogP contribution in [0.25, 0.3) is 0 Å². The van der Waals surface area contributed by atoms with E-state index in [0.29, 0.717) is 23.1 Å². The highest BCUT2D eigenvalue weighted by molar-refractivity contribution is 6.34. The van der Waals surface area contributed by atoms with Gasteiger partial charge in [-0.25, -0.2) is 0 Å². The molecule has 0 unspecified atom stereocenters. The van der Waals surface area contributed by atoms with E-state index in [4.69, 9.17) is 28.9 Å². The SMILES string of the molecule is NCCCNC(=O)Cc1cc(Cl)cc(Cl)c1. The predicted molar refractivity (Wildman–Crippen MR) is 66.8 cm³/mol. The molecule has 0 aliphatic rings. The van der Waals surface area contributed by atoms with Crippen molar-refractivity contribution in [1.82, 2.24) is 5.32 Å². The largest absolute Gasteiger partial charge is 0.356 e. The van der Waals surface area contributed by atoms with Crippen molar-refractivity contribution in [1.29, 1.82) is 0 Å². The predicted octanol–water partition coefficient (Wildman–Crippen LogP) is 2.00. The van der Waals surface area contributed by atoms with Crippen LogP contribution in [0.1, 0.15) is 12.0 Å². The van der Waals surface area contributed by atoms with E-state index in [1.54, 1.807) is 18.2 Å². The molecule has 0 heterocycles. The molecular formula is C11H14Cl2N2O. The smallest absolute Gasteiger partial charge is 0.224 e. The van der Waals surface area contributed by atoms with Gasteiger partial charge in [-0.1, -0.05) is 23.2 Å². The molecule has 1 amide bonds. The lowest BCUT2D eigenvalue weighted by atomic mass is 10.1. The van der Waals surface area contributed by atoms with Crippen molar-refractivity contribution < 1.29 is 4.79 Å². The number of nitrogens with two attached hydrogens (primary N) is 1. The van der Waals surface area contributed by atoms with Gasteiger partial charge in [-0.15, -0.1) is 0 Å². The Balaban J connectivity index is 2.49. The standard InChI is InChI=1S/C11H14Cl2N2O/c12-9-4-8(5-10(13)7-9)6-11(16)15-3-1-2-14/h4-5,7H,1-3,6,14H2,(H,15,16). The van der Waals surface area contributed by atoms with Crippen LogP contribution in [0.5, 0.6) is 0 Å². The molecule has 0 saturated carbocycles. The summed E-state index contributed by atoms with van der Waals surface area (Å²) in [7, 11) is 0. The van der Waals surface area contributed by atoms with Gasteiger partial charge in [0.25, 0.3) is 0 Å². The lowest BCUT2D eigenvalue weighted by Gasteiger charge is -2.05. The highest BCUT2D eigenvalue weighted by atomic mass is 35.5. The number of carbonyl (C=O) groups excluding carboxylic acids is 1. The van der Waals surface area contributed by atoms with Gasteiger partial charge in [0.15, 0.2) is 0 Å². The topological polar surface area (TPSA) is 55.1 Å². The molecule has 88 valence electrons. The second kappa shape index (κ2) is 6.74. The Bertz CT molecular complexity index is 349. The van der Waals surface area contributed by atoms with Crippen molar-refractivity contribution in [3.63, 3.8) is 0 Å². The third-order valence-corrected chi connectivity index (χ3v) is 2.43. The van der Waals surface area contributed by atoms with E-state index < -0.39 is 0 Å². The third kappa shape index (κ3) is 4.84. The van der Waals surface area contributed by atoms with Crippen molar-refractivity contribution >= 4 is 29.1 Å². The molecule has 0 atom stereocenters. The van der Waals surface area contributed by atoms with Crippen LogP contribution < -0.4 is 11.1 Å². The molecule has 0 aliphatic carbocycles. The molecule has 5 heteroatoms. The van der Waals surface area contributed by atoms with E-state index in [9.17, 15) is 4.79 Å². The molecule has 0 spiro atoms. The average Bonchev–Trinajstić information content (AvgIpc) is 2.16. The molecule has 0 fully saturated rings. The summed E-state index contributed by atoms with van der Waals surface area (Å²) < 4.78 is 0. The minimum absolute atomic E-state index is 0.0493. The highest BCUT2D eigenvalue weighted by Crippen LogP contribution is 2.19. The number of benzene rings is 1. The maximum Gasteiger partial charge on any atom is 0.224 e. The Hall–Kier alpha value is -0.770. The van der Waals surface area contributed by atoms with Gasteiger partial charge in [-0.05, 0) is 36.7 Å². The van der Waals surface area contributed by atoms with Crippen LogP contribution in [-0.2, 0) is 11.2 Å². The Morgan fingerprint density at radius 2 is 1.88 bits per heavy atom. The number of nitrogens with one attached hydrogen (secondary N) is 1. The van der Waals surface area contributed by atoms with Gasteiger partial charge in [0.2, 0.25) is 5.91 Å². The minimum atomic E-state index is -0.0493. The van der Waals surface area contributed by atoms with Gasteiger partial charge in [0, 0.05) is 16.6 Å². The van der Waals surface area contributed by atoms with Gasteiger partial charge in [0.1, 0.15) is 0 Å². The van der Waals surface area contributed by atoms with Crippen LogP contribution >= 0.6 is 23.2 Å². The van der Waals surface area contributed by atoms with Crippen LogP contribution in [0.2, 0.25) is 10.0 Å². The van der Waals surface area contributed by atoms with Crippen molar-refractivity contribution in [2.75, 3.05) is 13.1 Å². The van der Waals surface area contributed by atoms with E-state index >= 15 is 0 Å². The number of hydrogen-bond acceptors (Lipinski definition) is 2. The first-order valence-corrected chi connectivity index (χ1v) is 5.79. The minimum Gasteiger partial charge on any atom is -0.356 e. The summed E-state index contributed by atoms with van der Waals surface area (Å²) in [6.07, 6.45) is 1.06. The number of hydrogen-bond donors (Lipinski definition) is 2. The van der Waals surface area contributed by atoms with Gasteiger partial charge in [-0.3, -0.25) is 4.79 Å². The fourth-order valence-corrected chi connectivity index (χ4v) is 1.86. The monoisotopic (exact) mass is 260 g/mol.